The first-order valence-corrected chi connectivity index (χ1v) is 8.38. The zero-order valence-electron chi connectivity index (χ0n) is 13.5. The quantitative estimate of drug-likeness (QED) is 0.886. The third-order valence-electron chi connectivity index (χ3n) is 5.50. The number of amides is 3. The van der Waals surface area contributed by atoms with Crippen molar-refractivity contribution in [3.8, 4) is 0 Å². The van der Waals surface area contributed by atoms with Crippen LogP contribution in [0.25, 0.3) is 10.8 Å². The normalized spacial score (nSPS) is 23.9. The summed E-state index contributed by atoms with van der Waals surface area (Å²) in [6, 6.07) is 13.8. The lowest BCUT2D eigenvalue weighted by Crippen LogP contribution is -2.70. The van der Waals surface area contributed by atoms with Crippen LogP contribution in [0.15, 0.2) is 42.5 Å². The van der Waals surface area contributed by atoms with E-state index in [2.05, 4.69) is 29.6 Å². The molecule has 3 fully saturated rings. The third kappa shape index (κ3) is 2.40. The van der Waals surface area contributed by atoms with Gasteiger partial charge in [-0.05, 0) is 41.5 Å². The molecule has 0 heterocycles. The summed E-state index contributed by atoms with van der Waals surface area (Å²) >= 11 is 0. The molecule has 3 amide bonds. The molecule has 0 spiro atoms. The molecule has 0 atom stereocenters. The highest BCUT2D eigenvalue weighted by atomic mass is 16.2. The highest BCUT2D eigenvalue weighted by Crippen LogP contribution is 2.60. The van der Waals surface area contributed by atoms with Gasteiger partial charge in [-0.15, -0.1) is 0 Å². The van der Waals surface area contributed by atoms with Crippen LogP contribution in [-0.2, 0) is 11.3 Å². The number of benzene rings is 2. The Balaban J connectivity index is 1.61. The molecule has 24 heavy (non-hydrogen) atoms. The van der Waals surface area contributed by atoms with Gasteiger partial charge in [-0.1, -0.05) is 42.5 Å². The lowest BCUT2D eigenvalue weighted by Gasteiger charge is -2.66. The second-order valence-corrected chi connectivity index (χ2v) is 7.04. The molecule has 0 aromatic heterocycles. The van der Waals surface area contributed by atoms with E-state index >= 15 is 0 Å². The molecular weight excluding hydrogens is 302 g/mol. The van der Waals surface area contributed by atoms with E-state index in [9.17, 15) is 9.59 Å². The van der Waals surface area contributed by atoms with Gasteiger partial charge in [-0.25, -0.2) is 4.79 Å². The minimum atomic E-state index is -0.661. The van der Waals surface area contributed by atoms with Crippen LogP contribution in [0.2, 0.25) is 0 Å². The Morgan fingerprint density at radius 1 is 1.12 bits per heavy atom. The van der Waals surface area contributed by atoms with E-state index in [0.717, 1.165) is 30.7 Å². The van der Waals surface area contributed by atoms with Gasteiger partial charge in [0, 0.05) is 12.1 Å². The summed E-state index contributed by atoms with van der Waals surface area (Å²) in [4.78, 5) is 25.6. The summed E-state index contributed by atoms with van der Waals surface area (Å²) in [7, 11) is 0. The third-order valence-corrected chi connectivity index (χ3v) is 5.50. The number of nitrogens with zero attached hydrogens (tertiary/aromatic N) is 1. The van der Waals surface area contributed by atoms with Crippen LogP contribution in [0.4, 0.5) is 4.79 Å². The first-order valence-electron chi connectivity index (χ1n) is 8.38. The van der Waals surface area contributed by atoms with Gasteiger partial charge in [0.15, 0.2) is 0 Å². The van der Waals surface area contributed by atoms with E-state index in [1.165, 1.54) is 10.8 Å². The summed E-state index contributed by atoms with van der Waals surface area (Å²) in [5.41, 5.74) is 6.25. The van der Waals surface area contributed by atoms with Gasteiger partial charge in [0.1, 0.15) is 0 Å². The maximum atomic E-state index is 12.7. The maximum absolute atomic E-state index is 12.7. The van der Waals surface area contributed by atoms with Crippen molar-refractivity contribution < 1.29 is 9.59 Å². The number of primary amides is 1. The SMILES string of the molecule is NC(=O)NCC(=O)N(Cc1cccc2ccccc12)C12CC(C1)C2. The van der Waals surface area contributed by atoms with Gasteiger partial charge in [-0.3, -0.25) is 4.79 Å². The molecule has 5 nitrogen and oxygen atoms in total. The summed E-state index contributed by atoms with van der Waals surface area (Å²) in [5.74, 6) is 0.719. The van der Waals surface area contributed by atoms with Crippen molar-refractivity contribution in [2.24, 2.45) is 11.7 Å². The topological polar surface area (TPSA) is 75.4 Å². The molecule has 2 bridgehead atoms. The fourth-order valence-electron chi connectivity index (χ4n) is 4.14. The van der Waals surface area contributed by atoms with Crippen molar-refractivity contribution in [3.63, 3.8) is 0 Å². The summed E-state index contributed by atoms with van der Waals surface area (Å²) in [6.07, 6.45) is 3.25. The van der Waals surface area contributed by atoms with Crippen LogP contribution in [0.3, 0.4) is 0 Å². The molecule has 3 N–H and O–H groups in total. The molecule has 3 aliphatic carbocycles. The van der Waals surface area contributed by atoms with E-state index in [1.807, 2.05) is 23.1 Å². The molecule has 3 aliphatic rings. The number of fused-ring (bicyclic) bond motifs is 1. The van der Waals surface area contributed by atoms with E-state index in [4.69, 9.17) is 5.73 Å². The van der Waals surface area contributed by atoms with E-state index in [-0.39, 0.29) is 18.0 Å². The maximum Gasteiger partial charge on any atom is 0.312 e. The summed E-state index contributed by atoms with van der Waals surface area (Å²) < 4.78 is 0. The summed E-state index contributed by atoms with van der Waals surface area (Å²) in [5, 5.41) is 4.78. The monoisotopic (exact) mass is 323 g/mol. The van der Waals surface area contributed by atoms with Crippen molar-refractivity contribution >= 4 is 22.7 Å². The van der Waals surface area contributed by atoms with Crippen LogP contribution in [0.5, 0.6) is 0 Å². The first kappa shape index (κ1) is 15.0. The Kier molecular flexibility index (Phi) is 3.44. The molecule has 0 saturated heterocycles. The minimum Gasteiger partial charge on any atom is -0.352 e. The van der Waals surface area contributed by atoms with Crippen LogP contribution in [-0.4, -0.2) is 28.9 Å². The molecule has 2 aromatic rings. The predicted octanol–water partition coefficient (Wildman–Crippen LogP) is 2.39. The van der Waals surface area contributed by atoms with Gasteiger partial charge >= 0.3 is 6.03 Å². The second kappa shape index (κ2) is 5.51. The number of hydrogen-bond donors (Lipinski definition) is 2. The molecule has 5 rings (SSSR count). The van der Waals surface area contributed by atoms with Crippen molar-refractivity contribution in [2.75, 3.05) is 6.54 Å². The van der Waals surface area contributed by atoms with Gasteiger partial charge < -0.3 is 16.0 Å². The van der Waals surface area contributed by atoms with Gasteiger partial charge in [0.25, 0.3) is 0 Å². The summed E-state index contributed by atoms with van der Waals surface area (Å²) in [6.45, 7) is 0.542. The zero-order chi connectivity index (χ0) is 16.7. The van der Waals surface area contributed by atoms with E-state index in [0.29, 0.717) is 6.54 Å². The molecule has 2 aromatic carbocycles. The number of nitrogens with two attached hydrogens (primary N) is 1. The molecular formula is C19H21N3O2. The van der Waals surface area contributed by atoms with Gasteiger partial charge in [-0.2, -0.15) is 0 Å². The van der Waals surface area contributed by atoms with Gasteiger partial charge in [0.2, 0.25) is 5.91 Å². The van der Waals surface area contributed by atoms with Crippen molar-refractivity contribution in [3.05, 3.63) is 48.0 Å². The van der Waals surface area contributed by atoms with Crippen molar-refractivity contribution in [1.29, 1.82) is 0 Å². The predicted molar refractivity (Wildman–Crippen MR) is 92.2 cm³/mol. The number of rotatable bonds is 5. The number of nitrogens with one attached hydrogen (secondary N) is 1. The number of carbonyl (C=O) groups excluding carboxylic acids is 2. The zero-order valence-corrected chi connectivity index (χ0v) is 13.5. The number of carbonyl (C=O) groups is 2. The smallest absolute Gasteiger partial charge is 0.312 e. The largest absolute Gasteiger partial charge is 0.352 e. The average Bonchev–Trinajstić information content (AvgIpc) is 2.49. The highest BCUT2D eigenvalue weighted by molar-refractivity contribution is 5.87. The lowest BCUT2D eigenvalue weighted by atomic mass is 9.49. The second-order valence-electron chi connectivity index (χ2n) is 7.04. The molecule has 124 valence electrons. The Morgan fingerprint density at radius 3 is 2.50 bits per heavy atom. The number of urea groups is 1. The van der Waals surface area contributed by atoms with Crippen LogP contribution >= 0.6 is 0 Å². The molecule has 0 unspecified atom stereocenters. The molecule has 3 saturated carbocycles. The van der Waals surface area contributed by atoms with E-state index in [1.54, 1.807) is 0 Å². The Hall–Kier alpha value is -2.56. The average molecular weight is 323 g/mol. The Morgan fingerprint density at radius 2 is 1.83 bits per heavy atom. The fourth-order valence-corrected chi connectivity index (χ4v) is 4.14. The fraction of sp³-hybridized carbons (Fsp3) is 0.368. The Labute approximate surface area is 140 Å². The van der Waals surface area contributed by atoms with Crippen LogP contribution in [0, 0.1) is 5.92 Å². The first-order chi connectivity index (χ1) is 11.6. The highest BCUT2D eigenvalue weighted by Gasteiger charge is 2.61. The van der Waals surface area contributed by atoms with Crippen molar-refractivity contribution in [1.82, 2.24) is 10.2 Å². The van der Waals surface area contributed by atoms with Crippen LogP contribution in [0.1, 0.15) is 24.8 Å². The number of hydrogen-bond acceptors (Lipinski definition) is 2. The Bertz CT molecular complexity index is 795. The standard InChI is InChI=1S/C19H21N3O2/c20-18(24)21-11-17(23)22(19-8-13(9-19)10-19)12-15-6-3-5-14-4-1-2-7-16(14)15/h1-7,13H,8-12H2,(H3,20,21,24). The van der Waals surface area contributed by atoms with Gasteiger partial charge in [0.05, 0.1) is 6.54 Å². The van der Waals surface area contributed by atoms with Crippen molar-refractivity contribution in [2.45, 2.75) is 31.3 Å². The van der Waals surface area contributed by atoms with Crippen LogP contribution < -0.4 is 11.1 Å². The minimum absolute atomic E-state index is 0.00196. The molecule has 0 radical (unpaired) electrons. The lowest BCUT2D eigenvalue weighted by molar-refractivity contribution is -0.173. The molecule has 0 aliphatic heterocycles. The van der Waals surface area contributed by atoms with E-state index < -0.39 is 6.03 Å². The molecule has 5 heteroatoms.